The standard InChI is InChI=1S/C27H44O6/c1-23(2,31)10-9-22(30)26(5,32)21-8-13-27(33)18-15-20(29)19-14-16(28)6-11-24(19,3)17(18)7-12-25(21,27)4/h15-17,19,21-22,28,30-33H,6-14H2,1-5H3/t16-,17?,19-,21?,22+,24+,25+,26+,27+/m0/s1. The van der Waals surface area contributed by atoms with Gasteiger partial charge in [0.1, 0.15) is 0 Å². The summed E-state index contributed by atoms with van der Waals surface area (Å²) in [6.45, 7) is 9.22. The molecule has 6 heteroatoms. The van der Waals surface area contributed by atoms with E-state index in [1.165, 1.54) is 0 Å². The van der Waals surface area contributed by atoms with Gasteiger partial charge in [-0.3, -0.25) is 4.79 Å². The van der Waals surface area contributed by atoms with E-state index in [1.54, 1.807) is 26.8 Å². The fraction of sp³-hybridized carbons (Fsp3) is 0.889. The van der Waals surface area contributed by atoms with Gasteiger partial charge >= 0.3 is 0 Å². The lowest BCUT2D eigenvalue weighted by Crippen LogP contribution is -2.62. The van der Waals surface area contributed by atoms with Crippen LogP contribution < -0.4 is 0 Å². The number of aliphatic hydroxyl groups is 5. The highest BCUT2D eigenvalue weighted by Crippen LogP contribution is 2.68. The first-order chi connectivity index (χ1) is 15.1. The Morgan fingerprint density at radius 1 is 1.06 bits per heavy atom. The van der Waals surface area contributed by atoms with Crippen LogP contribution in [0.15, 0.2) is 11.6 Å². The molecule has 5 N–H and O–H groups in total. The Morgan fingerprint density at radius 3 is 2.36 bits per heavy atom. The van der Waals surface area contributed by atoms with Crippen LogP contribution in [0.1, 0.15) is 92.4 Å². The van der Waals surface area contributed by atoms with Gasteiger partial charge < -0.3 is 25.5 Å². The molecule has 188 valence electrons. The first-order valence-corrected chi connectivity index (χ1v) is 12.9. The lowest BCUT2D eigenvalue weighted by molar-refractivity contribution is -0.172. The van der Waals surface area contributed by atoms with E-state index in [-0.39, 0.29) is 35.4 Å². The lowest BCUT2D eigenvalue weighted by atomic mass is 9.46. The first-order valence-electron chi connectivity index (χ1n) is 12.9. The number of fused-ring (bicyclic) bond motifs is 5. The van der Waals surface area contributed by atoms with E-state index >= 15 is 0 Å². The molecular weight excluding hydrogens is 420 g/mol. The minimum Gasteiger partial charge on any atom is -0.393 e. The van der Waals surface area contributed by atoms with Crippen molar-refractivity contribution in [2.75, 3.05) is 0 Å². The zero-order valence-electron chi connectivity index (χ0n) is 21.0. The summed E-state index contributed by atoms with van der Waals surface area (Å²) in [5.41, 5.74) is -3.64. The molecule has 0 aromatic heterocycles. The van der Waals surface area contributed by atoms with Crippen LogP contribution in [0.25, 0.3) is 0 Å². The molecule has 9 atom stereocenters. The zero-order chi connectivity index (χ0) is 24.6. The molecule has 0 aromatic rings. The summed E-state index contributed by atoms with van der Waals surface area (Å²) < 4.78 is 0. The summed E-state index contributed by atoms with van der Waals surface area (Å²) in [6, 6.07) is 0. The number of hydrogen-bond acceptors (Lipinski definition) is 6. The van der Waals surface area contributed by atoms with E-state index in [0.717, 1.165) is 18.4 Å². The van der Waals surface area contributed by atoms with Crippen LogP contribution in [0.4, 0.5) is 0 Å². The third kappa shape index (κ3) is 3.76. The van der Waals surface area contributed by atoms with Gasteiger partial charge in [-0.15, -0.1) is 0 Å². The summed E-state index contributed by atoms with van der Waals surface area (Å²) in [7, 11) is 0. The Balaban J connectivity index is 1.65. The minimum absolute atomic E-state index is 0.0144. The highest BCUT2D eigenvalue weighted by Gasteiger charge is 2.68. The third-order valence-corrected chi connectivity index (χ3v) is 10.5. The van der Waals surface area contributed by atoms with Gasteiger partial charge in [-0.1, -0.05) is 13.8 Å². The van der Waals surface area contributed by atoms with Crippen molar-refractivity contribution < 1.29 is 30.3 Å². The van der Waals surface area contributed by atoms with Gasteiger partial charge in [-0.25, -0.2) is 0 Å². The van der Waals surface area contributed by atoms with Crippen molar-refractivity contribution in [3.63, 3.8) is 0 Å². The average Bonchev–Trinajstić information content (AvgIpc) is 2.99. The number of carbonyl (C=O) groups is 1. The quantitative estimate of drug-likeness (QED) is 0.427. The van der Waals surface area contributed by atoms with Crippen molar-refractivity contribution in [1.29, 1.82) is 0 Å². The van der Waals surface area contributed by atoms with Gasteiger partial charge in [-0.2, -0.15) is 0 Å². The normalized spacial score (nSPS) is 46.0. The highest BCUT2D eigenvalue weighted by atomic mass is 16.3. The van der Waals surface area contributed by atoms with Gasteiger partial charge in [0.2, 0.25) is 0 Å². The van der Waals surface area contributed by atoms with Crippen molar-refractivity contribution in [3.8, 4) is 0 Å². The molecule has 0 radical (unpaired) electrons. The summed E-state index contributed by atoms with van der Waals surface area (Å²) in [5, 5.41) is 55.0. The van der Waals surface area contributed by atoms with Gasteiger partial charge in [0, 0.05) is 11.3 Å². The van der Waals surface area contributed by atoms with Crippen LogP contribution >= 0.6 is 0 Å². The van der Waals surface area contributed by atoms with E-state index in [1.807, 2.05) is 6.92 Å². The smallest absolute Gasteiger partial charge is 0.159 e. The Morgan fingerprint density at radius 2 is 1.73 bits per heavy atom. The number of aliphatic hydroxyl groups excluding tert-OH is 2. The van der Waals surface area contributed by atoms with E-state index in [0.29, 0.717) is 38.5 Å². The highest BCUT2D eigenvalue weighted by molar-refractivity contribution is 5.95. The van der Waals surface area contributed by atoms with Crippen LogP contribution in [0, 0.1) is 28.6 Å². The van der Waals surface area contributed by atoms with Crippen molar-refractivity contribution >= 4 is 5.78 Å². The lowest BCUT2D eigenvalue weighted by Gasteiger charge is -2.60. The topological polar surface area (TPSA) is 118 Å². The van der Waals surface area contributed by atoms with Crippen molar-refractivity contribution in [3.05, 3.63) is 11.6 Å². The van der Waals surface area contributed by atoms with E-state index in [9.17, 15) is 30.3 Å². The molecule has 0 bridgehead atoms. The average molecular weight is 465 g/mol. The van der Waals surface area contributed by atoms with Crippen molar-refractivity contribution in [2.24, 2.45) is 28.6 Å². The van der Waals surface area contributed by atoms with E-state index < -0.39 is 34.4 Å². The second-order valence-electron chi connectivity index (χ2n) is 13.0. The molecule has 4 aliphatic rings. The van der Waals surface area contributed by atoms with Crippen LogP contribution in [-0.2, 0) is 4.79 Å². The fourth-order valence-corrected chi connectivity index (χ4v) is 8.27. The molecule has 2 unspecified atom stereocenters. The second-order valence-corrected chi connectivity index (χ2v) is 13.0. The summed E-state index contributed by atoms with van der Waals surface area (Å²) in [6.07, 6.45) is 5.38. The van der Waals surface area contributed by atoms with Crippen molar-refractivity contribution in [2.45, 2.75) is 121 Å². The molecule has 6 nitrogen and oxygen atoms in total. The van der Waals surface area contributed by atoms with Crippen LogP contribution in [0.2, 0.25) is 0 Å². The predicted molar refractivity (Wildman–Crippen MR) is 125 cm³/mol. The maximum absolute atomic E-state index is 13.2. The fourth-order valence-electron chi connectivity index (χ4n) is 8.27. The summed E-state index contributed by atoms with van der Waals surface area (Å²) >= 11 is 0. The molecule has 0 aliphatic heterocycles. The molecule has 0 heterocycles. The summed E-state index contributed by atoms with van der Waals surface area (Å²) in [4.78, 5) is 13.2. The van der Waals surface area contributed by atoms with Gasteiger partial charge in [0.05, 0.1) is 29.0 Å². The first kappa shape index (κ1) is 25.3. The zero-order valence-corrected chi connectivity index (χ0v) is 21.0. The molecular formula is C27H44O6. The predicted octanol–water partition coefficient (Wildman–Crippen LogP) is 2.88. The van der Waals surface area contributed by atoms with Crippen LogP contribution in [0.3, 0.4) is 0 Å². The number of hydrogen-bond donors (Lipinski definition) is 5. The SMILES string of the molecule is CC(C)(O)CC[C@@H](O)[C@](C)(O)C1CC[C@@]2(O)C3=CC(=O)[C@@H]4C[C@@H](O)CC[C@]4(C)C3CC[C@]12C. The molecule has 0 amide bonds. The molecule has 3 fully saturated rings. The maximum Gasteiger partial charge on any atom is 0.159 e. The number of carbonyl (C=O) groups excluding carboxylic acids is 1. The molecule has 4 aliphatic carbocycles. The van der Waals surface area contributed by atoms with Crippen LogP contribution in [0.5, 0.6) is 0 Å². The van der Waals surface area contributed by atoms with Crippen molar-refractivity contribution in [1.82, 2.24) is 0 Å². The number of rotatable bonds is 5. The Bertz CT molecular complexity index is 827. The third-order valence-electron chi connectivity index (χ3n) is 10.5. The minimum atomic E-state index is -1.42. The molecule has 0 spiro atoms. The largest absolute Gasteiger partial charge is 0.393 e. The van der Waals surface area contributed by atoms with Gasteiger partial charge in [0.25, 0.3) is 0 Å². The number of allylic oxidation sites excluding steroid dienone is 1. The Labute approximate surface area is 198 Å². The molecule has 3 saturated carbocycles. The molecule has 4 rings (SSSR count). The maximum atomic E-state index is 13.2. The van der Waals surface area contributed by atoms with Gasteiger partial charge in [-0.05, 0) is 107 Å². The molecule has 33 heavy (non-hydrogen) atoms. The second kappa shape index (κ2) is 7.86. The number of ketones is 1. The Hall–Kier alpha value is -0.790. The monoisotopic (exact) mass is 464 g/mol. The van der Waals surface area contributed by atoms with Gasteiger partial charge in [0.15, 0.2) is 5.78 Å². The molecule has 0 aromatic carbocycles. The Kier molecular flexibility index (Phi) is 6.03. The van der Waals surface area contributed by atoms with Crippen LogP contribution in [-0.4, -0.2) is 60.3 Å². The van der Waals surface area contributed by atoms with E-state index in [4.69, 9.17) is 0 Å². The van der Waals surface area contributed by atoms with E-state index in [2.05, 4.69) is 6.92 Å². The molecule has 0 saturated heterocycles. The summed E-state index contributed by atoms with van der Waals surface area (Å²) in [5.74, 6) is -0.426.